The van der Waals surface area contributed by atoms with E-state index in [0.717, 1.165) is 0 Å². The van der Waals surface area contributed by atoms with Crippen LogP contribution in [0, 0.1) is 5.92 Å². The molecule has 12 nitrogen and oxygen atoms in total. The number of urea groups is 1. The molecule has 3 N–H and O–H groups in total. The quantitative estimate of drug-likeness (QED) is 0.330. The first-order valence-electron chi connectivity index (χ1n) is 13.9. The lowest BCUT2D eigenvalue weighted by atomic mass is 9.99. The summed E-state index contributed by atoms with van der Waals surface area (Å²) in [5, 5.41) is 13.2. The van der Waals surface area contributed by atoms with E-state index in [1.165, 1.54) is 52.3 Å². The summed E-state index contributed by atoms with van der Waals surface area (Å²) >= 11 is 5.90. The minimum atomic E-state index is -3.98. The number of nitrogens with zero attached hydrogens (tertiary/aromatic N) is 2. The highest BCUT2D eigenvalue weighted by Crippen LogP contribution is 2.35. The molecule has 3 aromatic rings. The van der Waals surface area contributed by atoms with Gasteiger partial charge in [0.15, 0.2) is 11.5 Å². The number of ether oxygens (including phenoxy) is 3. The minimum Gasteiger partial charge on any atom is -0.487 e. The maximum atomic E-state index is 13.7. The predicted molar refractivity (Wildman–Crippen MR) is 164 cm³/mol. The van der Waals surface area contributed by atoms with Gasteiger partial charge in [0.1, 0.15) is 11.9 Å². The molecular weight excluding hydrogens is 612 g/mol. The molecule has 44 heavy (non-hydrogen) atoms. The Morgan fingerprint density at radius 2 is 1.75 bits per heavy atom. The van der Waals surface area contributed by atoms with Gasteiger partial charge in [0, 0.05) is 42.0 Å². The van der Waals surface area contributed by atoms with Crippen molar-refractivity contribution in [2.24, 2.45) is 5.92 Å². The Bertz CT molecular complexity index is 1650. The van der Waals surface area contributed by atoms with E-state index in [9.17, 15) is 23.1 Å². The Morgan fingerprint density at radius 1 is 1.07 bits per heavy atom. The Labute approximate surface area is 260 Å². The zero-order valence-electron chi connectivity index (χ0n) is 24.3. The molecule has 0 spiro atoms. The van der Waals surface area contributed by atoms with Gasteiger partial charge in [-0.3, -0.25) is 9.52 Å². The molecule has 3 amide bonds. The van der Waals surface area contributed by atoms with Crippen LogP contribution >= 0.6 is 11.6 Å². The van der Waals surface area contributed by atoms with E-state index in [1.807, 2.05) is 6.92 Å². The molecule has 234 valence electrons. The van der Waals surface area contributed by atoms with Crippen LogP contribution in [-0.4, -0.2) is 80.9 Å². The van der Waals surface area contributed by atoms with E-state index in [-0.39, 0.29) is 60.3 Å². The number of fused-ring (bicyclic) bond motifs is 2. The van der Waals surface area contributed by atoms with Gasteiger partial charge in [-0.25, -0.2) is 13.2 Å². The fraction of sp³-hybridized carbons (Fsp3) is 0.333. The second-order valence-electron chi connectivity index (χ2n) is 10.8. The number of aliphatic hydroxyl groups excluding tert-OH is 1. The number of sulfonamides is 1. The van der Waals surface area contributed by atoms with E-state index in [4.69, 9.17) is 25.8 Å². The zero-order valence-corrected chi connectivity index (χ0v) is 25.9. The van der Waals surface area contributed by atoms with Crippen molar-refractivity contribution < 1.29 is 37.3 Å². The first-order chi connectivity index (χ1) is 20.9. The van der Waals surface area contributed by atoms with Crippen LogP contribution in [0.5, 0.6) is 17.2 Å². The molecule has 2 aliphatic heterocycles. The van der Waals surface area contributed by atoms with Gasteiger partial charge in [-0.1, -0.05) is 18.5 Å². The van der Waals surface area contributed by atoms with Crippen LogP contribution in [-0.2, 0) is 10.0 Å². The number of rotatable bonds is 8. The third-order valence-electron chi connectivity index (χ3n) is 7.47. The molecule has 0 aromatic heterocycles. The van der Waals surface area contributed by atoms with Crippen LogP contribution in [0.3, 0.4) is 0 Å². The maximum absolute atomic E-state index is 13.7. The third-order valence-corrected chi connectivity index (χ3v) is 9.11. The molecule has 0 aliphatic carbocycles. The highest BCUT2D eigenvalue weighted by atomic mass is 35.5. The predicted octanol–water partition coefficient (Wildman–Crippen LogP) is 4.25. The fourth-order valence-corrected chi connectivity index (χ4v) is 6.05. The Balaban J connectivity index is 1.38. The number of amides is 3. The van der Waals surface area contributed by atoms with E-state index in [1.54, 1.807) is 32.2 Å². The normalized spacial score (nSPS) is 18.4. The molecule has 0 saturated heterocycles. The van der Waals surface area contributed by atoms with E-state index in [0.29, 0.717) is 22.2 Å². The third kappa shape index (κ3) is 6.79. The van der Waals surface area contributed by atoms with E-state index in [2.05, 4.69) is 10.0 Å². The highest BCUT2D eigenvalue weighted by molar-refractivity contribution is 7.92. The van der Waals surface area contributed by atoms with Crippen LogP contribution in [0.25, 0.3) is 0 Å². The Morgan fingerprint density at radius 3 is 2.48 bits per heavy atom. The topological polar surface area (TPSA) is 147 Å². The van der Waals surface area contributed by atoms with Crippen LogP contribution < -0.4 is 24.2 Å². The average molecular weight is 645 g/mol. The summed E-state index contributed by atoms with van der Waals surface area (Å²) in [6.07, 6.45) is -0.556. The molecule has 0 bridgehead atoms. The van der Waals surface area contributed by atoms with E-state index < -0.39 is 28.1 Å². The average Bonchev–Trinajstić information content (AvgIpc) is 3.47. The first-order valence-corrected chi connectivity index (χ1v) is 15.7. The molecule has 0 unspecified atom stereocenters. The van der Waals surface area contributed by atoms with Gasteiger partial charge in [0.25, 0.3) is 15.9 Å². The summed E-state index contributed by atoms with van der Waals surface area (Å²) in [5.74, 6) is 0.694. The van der Waals surface area contributed by atoms with Crippen LogP contribution in [0.2, 0.25) is 5.02 Å². The van der Waals surface area contributed by atoms with Crippen LogP contribution in [0.4, 0.5) is 16.2 Å². The minimum absolute atomic E-state index is 0.00250. The van der Waals surface area contributed by atoms with Crippen molar-refractivity contribution in [1.29, 1.82) is 0 Å². The summed E-state index contributed by atoms with van der Waals surface area (Å²) in [6, 6.07) is 14.3. The lowest BCUT2D eigenvalue weighted by Gasteiger charge is -2.38. The lowest BCUT2D eigenvalue weighted by molar-refractivity contribution is 0.0371. The summed E-state index contributed by atoms with van der Waals surface area (Å²) in [5.41, 5.74) is 0.800. The number of carbonyl (C=O) groups is 2. The molecule has 0 fully saturated rings. The number of aliphatic hydroxyl groups is 1. The molecule has 0 radical (unpaired) electrons. The van der Waals surface area contributed by atoms with Gasteiger partial charge in [-0.2, -0.15) is 0 Å². The van der Waals surface area contributed by atoms with Gasteiger partial charge in [-0.05, 0) is 61.5 Å². The molecule has 5 rings (SSSR count). The summed E-state index contributed by atoms with van der Waals surface area (Å²) in [6.45, 7) is 3.85. The van der Waals surface area contributed by atoms with Crippen molar-refractivity contribution in [3.05, 3.63) is 71.2 Å². The standard InChI is InChI=1S/C30H33ClN4O8S/c1-18-14-35(19(2)16-36)29(37)24-12-22(33-44(39,40)23-8-4-20(31)5-9-23)7-10-25(24)43-28(18)15-34(3)30(38)32-21-6-11-26-27(13-21)42-17-41-26/h4-13,18-19,28,33,36H,14-17H2,1-3H3,(H,32,38)/t18-,19-,28-/m0/s1. The molecule has 14 heteroatoms. The van der Waals surface area contributed by atoms with E-state index >= 15 is 0 Å². The Hall–Kier alpha value is -4.20. The number of hydrogen-bond donors (Lipinski definition) is 3. The molecule has 3 aromatic carbocycles. The lowest BCUT2D eigenvalue weighted by Crippen LogP contribution is -2.50. The van der Waals surface area contributed by atoms with Crippen molar-refractivity contribution in [2.75, 3.05) is 43.6 Å². The first kappa shape index (κ1) is 31.2. The van der Waals surface area contributed by atoms with Crippen molar-refractivity contribution in [2.45, 2.75) is 30.9 Å². The largest absolute Gasteiger partial charge is 0.487 e. The molecule has 2 aliphatic rings. The second kappa shape index (κ2) is 12.8. The monoisotopic (exact) mass is 644 g/mol. The number of benzene rings is 3. The number of carbonyl (C=O) groups excluding carboxylic acids is 2. The Kier molecular flexibility index (Phi) is 9.09. The van der Waals surface area contributed by atoms with Gasteiger partial charge in [0.05, 0.1) is 29.7 Å². The molecule has 3 atom stereocenters. The van der Waals surface area contributed by atoms with Gasteiger partial charge >= 0.3 is 6.03 Å². The highest BCUT2D eigenvalue weighted by Gasteiger charge is 2.34. The SMILES string of the molecule is C[C@H]1CN([C@@H](C)CO)C(=O)c2cc(NS(=O)(=O)c3ccc(Cl)cc3)ccc2O[C@H]1CN(C)C(=O)Nc1ccc2c(c1)OCO2. The summed E-state index contributed by atoms with van der Waals surface area (Å²) in [4.78, 5) is 29.8. The van der Waals surface area contributed by atoms with Gasteiger partial charge in [0.2, 0.25) is 6.79 Å². The molecule has 2 heterocycles. The maximum Gasteiger partial charge on any atom is 0.321 e. The molecule has 0 saturated carbocycles. The van der Waals surface area contributed by atoms with Crippen molar-refractivity contribution in [1.82, 2.24) is 9.80 Å². The van der Waals surface area contributed by atoms with Gasteiger partial charge < -0.3 is 34.4 Å². The summed E-state index contributed by atoms with van der Waals surface area (Å²) < 4.78 is 45.5. The number of likely N-dealkylation sites (N-methyl/N-ethyl adjacent to an activating group) is 1. The van der Waals surface area contributed by atoms with Crippen LogP contribution in [0.15, 0.2) is 65.6 Å². The van der Waals surface area contributed by atoms with Crippen LogP contribution in [0.1, 0.15) is 24.2 Å². The zero-order chi connectivity index (χ0) is 31.6. The van der Waals surface area contributed by atoms with Crippen molar-refractivity contribution in [3.63, 3.8) is 0 Å². The second-order valence-corrected chi connectivity index (χ2v) is 12.9. The number of nitrogens with one attached hydrogen (secondary N) is 2. The molecular formula is C30H33ClN4O8S. The van der Waals surface area contributed by atoms with Crippen molar-refractivity contribution in [3.8, 4) is 17.2 Å². The number of halogens is 1. The fourth-order valence-electron chi connectivity index (χ4n) is 4.88. The van der Waals surface area contributed by atoms with Gasteiger partial charge in [-0.15, -0.1) is 0 Å². The number of anilines is 2. The number of hydrogen-bond acceptors (Lipinski definition) is 8. The van der Waals surface area contributed by atoms with Crippen molar-refractivity contribution >= 4 is 44.9 Å². The summed E-state index contributed by atoms with van der Waals surface area (Å²) in [7, 11) is -2.35. The smallest absolute Gasteiger partial charge is 0.321 e.